The highest BCUT2D eigenvalue weighted by atomic mass is 35.5. The van der Waals surface area contributed by atoms with Crippen LogP contribution < -0.4 is 16.0 Å². The van der Waals surface area contributed by atoms with Gasteiger partial charge < -0.3 is 21.1 Å². The first kappa shape index (κ1) is 30.2. The molecule has 2 fully saturated rings. The summed E-state index contributed by atoms with van der Waals surface area (Å²) < 4.78 is 0. The minimum Gasteiger partial charge on any atom is -0.395 e. The number of rotatable bonds is 9. The van der Waals surface area contributed by atoms with Gasteiger partial charge in [0.1, 0.15) is 0 Å². The number of halogens is 1. The van der Waals surface area contributed by atoms with Crippen molar-refractivity contribution in [2.75, 3.05) is 56.5 Å². The van der Waals surface area contributed by atoms with Crippen molar-refractivity contribution < 1.29 is 9.90 Å². The van der Waals surface area contributed by atoms with Gasteiger partial charge in [-0.2, -0.15) is 0 Å². The maximum Gasteiger partial charge on any atom is 0.273 e. The molecular formula is C32H42ClN7O2. The Balaban J connectivity index is 1.15. The van der Waals surface area contributed by atoms with E-state index in [2.05, 4.69) is 92.4 Å². The number of likely N-dealkylation sites (tertiary alicyclic amines) is 1. The third-order valence-electron chi connectivity index (χ3n) is 8.55. The van der Waals surface area contributed by atoms with Crippen LogP contribution in [0.5, 0.6) is 0 Å². The smallest absolute Gasteiger partial charge is 0.273 e. The Morgan fingerprint density at radius 1 is 1.02 bits per heavy atom. The van der Waals surface area contributed by atoms with Crippen molar-refractivity contribution in [2.24, 2.45) is 0 Å². The molecule has 3 heterocycles. The van der Waals surface area contributed by atoms with Crippen molar-refractivity contribution in [1.82, 2.24) is 25.1 Å². The zero-order valence-electron chi connectivity index (χ0n) is 24.6. The van der Waals surface area contributed by atoms with Gasteiger partial charge in [0.15, 0.2) is 22.5 Å². The zero-order valence-corrected chi connectivity index (χ0v) is 25.4. The third-order valence-corrected chi connectivity index (χ3v) is 8.80. The van der Waals surface area contributed by atoms with Crippen LogP contribution >= 0.6 is 11.6 Å². The maximum absolute atomic E-state index is 12.3. The first-order valence-electron chi connectivity index (χ1n) is 15.0. The largest absolute Gasteiger partial charge is 0.395 e. The van der Waals surface area contributed by atoms with Crippen molar-refractivity contribution >= 4 is 29.1 Å². The van der Waals surface area contributed by atoms with E-state index in [1.165, 1.54) is 22.3 Å². The lowest BCUT2D eigenvalue weighted by molar-refractivity contribution is 0.0610. The molecule has 5 rings (SSSR count). The van der Waals surface area contributed by atoms with Gasteiger partial charge in [-0.05, 0) is 56.0 Å². The van der Waals surface area contributed by atoms with Crippen LogP contribution in [0.2, 0.25) is 5.15 Å². The number of nitrogens with zero attached hydrogens (tertiary/aromatic N) is 5. The minimum absolute atomic E-state index is 0.0168. The second-order valence-electron chi connectivity index (χ2n) is 11.4. The summed E-state index contributed by atoms with van der Waals surface area (Å²) >= 11 is 6.50. The predicted molar refractivity (Wildman–Crippen MR) is 169 cm³/mol. The molecule has 9 nitrogen and oxygen atoms in total. The number of benzene rings is 2. The zero-order chi connectivity index (χ0) is 29.6. The summed E-state index contributed by atoms with van der Waals surface area (Å²) in [6.45, 7) is 9.93. The van der Waals surface area contributed by atoms with E-state index in [1.54, 1.807) is 0 Å². The molecule has 0 radical (unpaired) electrons. The Kier molecular flexibility index (Phi) is 9.95. The number of hydrogen-bond donors (Lipinski definition) is 3. The number of hydrogen-bond acceptors (Lipinski definition) is 8. The van der Waals surface area contributed by atoms with E-state index >= 15 is 0 Å². The molecule has 1 amide bonds. The molecule has 1 atom stereocenters. The van der Waals surface area contributed by atoms with E-state index in [1.807, 2.05) is 0 Å². The summed E-state index contributed by atoms with van der Waals surface area (Å²) in [6.07, 6.45) is 3.33. The van der Waals surface area contributed by atoms with E-state index in [0.717, 1.165) is 58.5 Å². The van der Waals surface area contributed by atoms with Crippen LogP contribution in [0.3, 0.4) is 0 Å². The fourth-order valence-corrected chi connectivity index (χ4v) is 6.41. The van der Waals surface area contributed by atoms with E-state index in [0.29, 0.717) is 17.9 Å². The number of anilines is 2. The lowest BCUT2D eigenvalue weighted by Gasteiger charge is -2.47. The third kappa shape index (κ3) is 7.03. The first-order valence-corrected chi connectivity index (χ1v) is 15.3. The Morgan fingerprint density at radius 2 is 1.69 bits per heavy atom. The summed E-state index contributed by atoms with van der Waals surface area (Å²) in [5.74, 6) is 0.0658. The molecule has 10 heteroatoms. The molecule has 0 unspecified atom stereocenters. The molecule has 224 valence electrons. The van der Waals surface area contributed by atoms with Gasteiger partial charge in [0.05, 0.1) is 6.61 Å². The number of carbonyl (C=O) groups is 1. The first-order chi connectivity index (χ1) is 20.4. The quantitative estimate of drug-likeness (QED) is 0.343. The molecule has 0 bridgehead atoms. The number of nitrogens with one attached hydrogen (secondary N) is 1. The van der Waals surface area contributed by atoms with Crippen LogP contribution in [0, 0.1) is 6.92 Å². The molecule has 3 aromatic rings. The highest BCUT2D eigenvalue weighted by Gasteiger charge is 2.34. The Morgan fingerprint density at radius 3 is 2.33 bits per heavy atom. The standard InChI is InChI=1S/C32H42ClN7O2/c1-3-26-21-39(31-29(33)36-28(30(34)37-31)32(42)35-14-19-41)17-18-40(26)27-12-15-38(16-13-27)20-23-6-10-25(11-7-23)24-8-4-22(2)5-9-24/h4-11,26-27,41H,3,12-21H2,1-2H3,(H2,34,37)(H,35,42)/t26-/m0/s1. The molecule has 0 saturated carbocycles. The van der Waals surface area contributed by atoms with Crippen LogP contribution in [-0.2, 0) is 6.54 Å². The summed E-state index contributed by atoms with van der Waals surface area (Å²) in [4.78, 5) is 28.4. The number of nitrogens with two attached hydrogens (primary N) is 1. The number of amides is 1. The molecule has 42 heavy (non-hydrogen) atoms. The molecule has 4 N–H and O–H groups in total. The van der Waals surface area contributed by atoms with Crippen LogP contribution in [-0.4, -0.2) is 88.7 Å². The molecular weight excluding hydrogens is 550 g/mol. The molecule has 2 aromatic carbocycles. The Bertz CT molecular complexity index is 1340. The predicted octanol–water partition coefficient (Wildman–Crippen LogP) is 3.97. The molecule has 2 saturated heterocycles. The van der Waals surface area contributed by atoms with Crippen LogP contribution in [0.25, 0.3) is 11.1 Å². The maximum atomic E-state index is 12.3. The SMILES string of the molecule is CC[C@H]1CN(c2nc(N)c(C(=O)NCCO)nc2Cl)CCN1C1CCN(Cc2ccc(-c3ccc(C)cc3)cc2)CC1. The van der Waals surface area contributed by atoms with Crippen molar-refractivity contribution in [3.63, 3.8) is 0 Å². The molecule has 2 aliphatic heterocycles. The van der Waals surface area contributed by atoms with Crippen LogP contribution in [0.15, 0.2) is 48.5 Å². The molecule has 0 aliphatic carbocycles. The fraction of sp³-hybridized carbons (Fsp3) is 0.469. The van der Waals surface area contributed by atoms with Gasteiger partial charge in [-0.1, -0.05) is 72.6 Å². The summed E-state index contributed by atoms with van der Waals surface area (Å²) in [5, 5.41) is 11.7. The number of aromatic nitrogens is 2. The number of piperidine rings is 1. The van der Waals surface area contributed by atoms with E-state index in [4.69, 9.17) is 22.4 Å². The summed E-state index contributed by atoms with van der Waals surface area (Å²) in [6, 6.07) is 18.6. The molecule has 0 spiro atoms. The van der Waals surface area contributed by atoms with Gasteiger partial charge >= 0.3 is 0 Å². The number of piperazine rings is 1. The van der Waals surface area contributed by atoms with Gasteiger partial charge in [-0.3, -0.25) is 14.6 Å². The van der Waals surface area contributed by atoms with Gasteiger partial charge in [0.25, 0.3) is 5.91 Å². The number of nitrogen functional groups attached to an aromatic ring is 1. The monoisotopic (exact) mass is 591 g/mol. The minimum atomic E-state index is -0.496. The average molecular weight is 592 g/mol. The van der Waals surface area contributed by atoms with Crippen molar-refractivity contribution in [3.8, 4) is 11.1 Å². The second-order valence-corrected chi connectivity index (χ2v) is 11.7. The molecule has 2 aliphatic rings. The van der Waals surface area contributed by atoms with Gasteiger partial charge in [0.2, 0.25) is 0 Å². The van der Waals surface area contributed by atoms with Gasteiger partial charge in [-0.15, -0.1) is 0 Å². The Labute approximate surface area is 253 Å². The fourth-order valence-electron chi connectivity index (χ4n) is 6.16. The number of aliphatic hydroxyl groups is 1. The highest BCUT2D eigenvalue weighted by molar-refractivity contribution is 6.32. The van der Waals surface area contributed by atoms with Crippen LogP contribution in [0.4, 0.5) is 11.6 Å². The van der Waals surface area contributed by atoms with E-state index < -0.39 is 5.91 Å². The lowest BCUT2D eigenvalue weighted by Crippen LogP contribution is -2.58. The van der Waals surface area contributed by atoms with Gasteiger partial charge in [0, 0.05) is 44.8 Å². The number of aliphatic hydroxyl groups excluding tert-OH is 1. The topological polar surface area (TPSA) is 111 Å². The van der Waals surface area contributed by atoms with Crippen molar-refractivity contribution in [2.45, 2.75) is 51.7 Å². The van der Waals surface area contributed by atoms with E-state index in [-0.39, 0.29) is 29.8 Å². The van der Waals surface area contributed by atoms with Crippen molar-refractivity contribution in [3.05, 3.63) is 70.5 Å². The lowest BCUT2D eigenvalue weighted by atomic mass is 9.97. The van der Waals surface area contributed by atoms with Gasteiger partial charge in [-0.25, -0.2) is 9.97 Å². The normalized spacial score (nSPS) is 18.8. The Hall–Kier alpha value is -3.24. The number of aryl methyl sites for hydroxylation is 1. The van der Waals surface area contributed by atoms with Crippen LogP contribution in [0.1, 0.15) is 47.8 Å². The molecule has 1 aromatic heterocycles. The average Bonchev–Trinajstić information content (AvgIpc) is 3.01. The van der Waals surface area contributed by atoms with E-state index in [9.17, 15) is 4.79 Å². The second kappa shape index (κ2) is 13.8. The summed E-state index contributed by atoms with van der Waals surface area (Å²) in [7, 11) is 0. The van der Waals surface area contributed by atoms with Crippen molar-refractivity contribution in [1.29, 1.82) is 0 Å². The highest BCUT2D eigenvalue weighted by Crippen LogP contribution is 2.30. The number of carbonyl (C=O) groups excluding carboxylic acids is 1. The summed E-state index contributed by atoms with van der Waals surface area (Å²) in [5.41, 5.74) is 11.2.